The Labute approximate surface area is 179 Å². The van der Waals surface area contributed by atoms with Gasteiger partial charge in [0.2, 0.25) is 0 Å². The highest BCUT2D eigenvalue weighted by Crippen LogP contribution is 2.42. The van der Waals surface area contributed by atoms with Gasteiger partial charge in [-0.2, -0.15) is 18.0 Å². The smallest absolute Gasteiger partial charge is 0.304 e. The molecule has 0 amide bonds. The van der Waals surface area contributed by atoms with Gasteiger partial charge in [-0.25, -0.2) is 0 Å². The minimum Gasteiger partial charge on any atom is -0.506 e. The van der Waals surface area contributed by atoms with Crippen molar-refractivity contribution in [3.8, 4) is 11.8 Å². The molecule has 0 saturated heterocycles. The van der Waals surface area contributed by atoms with Crippen LogP contribution < -0.4 is 0 Å². The van der Waals surface area contributed by atoms with Crippen LogP contribution in [0.4, 0.5) is 0 Å². The fourth-order valence-corrected chi connectivity index (χ4v) is 5.23. The third kappa shape index (κ3) is 3.31. The number of nitrogens with zero attached hydrogens (tertiary/aromatic N) is 3. The largest absolute Gasteiger partial charge is 0.506 e. The number of phenolic OH excluding ortho intramolecular Hbond substituents is 1. The molecule has 0 aliphatic carbocycles. The van der Waals surface area contributed by atoms with Crippen molar-refractivity contribution in [2.24, 2.45) is 0 Å². The number of fused-ring (bicyclic) bond motifs is 2. The van der Waals surface area contributed by atoms with Gasteiger partial charge < -0.3 is 10.1 Å². The van der Waals surface area contributed by atoms with Crippen molar-refractivity contribution in [3.63, 3.8) is 0 Å². The number of nitrogens with one attached hydrogen (secondary N) is 1. The summed E-state index contributed by atoms with van der Waals surface area (Å²) >= 11 is 6.16. The average Bonchev–Trinajstić information content (AvgIpc) is 3.16. The van der Waals surface area contributed by atoms with Crippen LogP contribution in [0.2, 0.25) is 5.02 Å². The summed E-state index contributed by atoms with van der Waals surface area (Å²) in [5.74, 6) is 0.0852. The van der Waals surface area contributed by atoms with Crippen molar-refractivity contribution in [1.29, 1.82) is 5.26 Å². The molecule has 1 aliphatic heterocycles. The number of H-pyrrole nitrogens is 1. The number of benzene rings is 2. The maximum atomic E-state index is 13.4. The lowest BCUT2D eigenvalue weighted by Gasteiger charge is -2.36. The van der Waals surface area contributed by atoms with Gasteiger partial charge in [0.15, 0.2) is 0 Å². The number of aromatic hydroxyl groups is 1. The van der Waals surface area contributed by atoms with Gasteiger partial charge in [0.05, 0.1) is 17.6 Å². The molecule has 30 heavy (non-hydrogen) atoms. The summed E-state index contributed by atoms with van der Waals surface area (Å²) < 4.78 is 29.2. The third-order valence-corrected chi connectivity index (χ3v) is 7.29. The Balaban J connectivity index is 1.91. The van der Waals surface area contributed by atoms with E-state index in [1.54, 1.807) is 36.5 Å². The Bertz CT molecular complexity index is 1290. The lowest BCUT2D eigenvalue weighted by molar-refractivity contribution is 0.384. The third-order valence-electron chi connectivity index (χ3n) is 5.22. The van der Waals surface area contributed by atoms with Crippen molar-refractivity contribution in [3.05, 3.63) is 70.5 Å². The van der Waals surface area contributed by atoms with Crippen molar-refractivity contribution in [1.82, 2.24) is 13.6 Å². The second kappa shape index (κ2) is 7.69. The summed E-state index contributed by atoms with van der Waals surface area (Å²) in [4.78, 5) is 3.05. The second-order valence-corrected chi connectivity index (χ2v) is 9.38. The van der Waals surface area contributed by atoms with Crippen LogP contribution in [-0.4, -0.2) is 40.7 Å². The fraction of sp³-hybridized carbons (Fsp3) is 0.190. The van der Waals surface area contributed by atoms with E-state index < -0.39 is 16.3 Å². The highest BCUT2D eigenvalue weighted by Gasteiger charge is 2.37. The summed E-state index contributed by atoms with van der Waals surface area (Å²) in [7, 11) is -2.47. The summed E-state index contributed by atoms with van der Waals surface area (Å²) in [5, 5.41) is 20.3. The Hall–Kier alpha value is -2.99. The molecule has 1 unspecified atom stereocenters. The first-order valence-corrected chi connectivity index (χ1v) is 11.0. The number of phenols is 1. The van der Waals surface area contributed by atoms with E-state index in [9.17, 15) is 13.5 Å². The van der Waals surface area contributed by atoms with Gasteiger partial charge >= 0.3 is 10.2 Å². The van der Waals surface area contributed by atoms with Crippen LogP contribution in [-0.2, 0) is 10.2 Å². The molecule has 0 fully saturated rings. The minimum absolute atomic E-state index is 0.0814. The summed E-state index contributed by atoms with van der Waals surface area (Å²) in [6.07, 6.45) is 5.03. The molecule has 9 heteroatoms. The molecule has 1 atom stereocenters. The number of hydrogen-bond donors (Lipinski definition) is 2. The molecule has 3 aromatic rings. The lowest BCUT2D eigenvalue weighted by atomic mass is 9.92. The number of halogens is 1. The van der Waals surface area contributed by atoms with Gasteiger partial charge in [0.25, 0.3) is 0 Å². The van der Waals surface area contributed by atoms with Crippen LogP contribution >= 0.6 is 11.6 Å². The molecule has 0 saturated carbocycles. The van der Waals surface area contributed by atoms with Crippen molar-refractivity contribution < 1.29 is 13.5 Å². The van der Waals surface area contributed by atoms with Gasteiger partial charge in [-0.3, -0.25) is 4.31 Å². The second-order valence-electron chi connectivity index (χ2n) is 7.00. The van der Waals surface area contributed by atoms with Gasteiger partial charge in [0.1, 0.15) is 5.75 Å². The molecule has 1 aromatic heterocycles. The maximum absolute atomic E-state index is 13.4. The number of aromatic nitrogens is 1. The van der Waals surface area contributed by atoms with Crippen LogP contribution in [0, 0.1) is 11.3 Å². The van der Waals surface area contributed by atoms with Crippen molar-refractivity contribution in [2.45, 2.75) is 12.5 Å². The van der Waals surface area contributed by atoms with Crippen LogP contribution in [0.25, 0.3) is 17.0 Å². The molecule has 2 aromatic carbocycles. The van der Waals surface area contributed by atoms with Crippen molar-refractivity contribution >= 4 is 38.8 Å². The Morgan fingerprint density at radius 1 is 1.30 bits per heavy atom. The molecular weight excluding hydrogens is 424 g/mol. The number of rotatable bonds is 5. The van der Waals surface area contributed by atoms with Gasteiger partial charge in [0, 0.05) is 48.4 Å². The van der Waals surface area contributed by atoms with E-state index in [1.165, 1.54) is 21.9 Å². The molecule has 4 rings (SSSR count). The van der Waals surface area contributed by atoms with Crippen LogP contribution in [0.3, 0.4) is 0 Å². The highest BCUT2D eigenvalue weighted by atomic mass is 35.5. The number of aromatic amines is 1. The number of hydrogen-bond acceptors (Lipinski definition) is 4. The van der Waals surface area contributed by atoms with E-state index in [4.69, 9.17) is 16.9 Å². The first-order valence-electron chi connectivity index (χ1n) is 9.23. The van der Waals surface area contributed by atoms with Gasteiger partial charge in [-0.1, -0.05) is 29.8 Å². The standard InChI is InChI=1S/C21H19ClN4O3S/c1-25(10-3-9-23)30(28,29)26-11-8-14-12-15(22)6-7-16(14)21(26)18-13-24-20-17(18)4-2-5-19(20)27/h2,4-8,11-13,21,24,27H,3,10H2,1H3. The quantitative estimate of drug-likeness (QED) is 0.623. The topological polar surface area (TPSA) is 100 Å². The highest BCUT2D eigenvalue weighted by molar-refractivity contribution is 7.86. The van der Waals surface area contributed by atoms with Gasteiger partial charge in [-0.05, 0) is 35.4 Å². The van der Waals surface area contributed by atoms with E-state index in [1.807, 2.05) is 18.2 Å². The zero-order valence-electron chi connectivity index (χ0n) is 16.1. The van der Waals surface area contributed by atoms with Crippen LogP contribution in [0.5, 0.6) is 5.75 Å². The first-order chi connectivity index (χ1) is 14.3. The molecule has 2 heterocycles. The molecular formula is C21H19ClN4O3S. The van der Waals surface area contributed by atoms with Crippen molar-refractivity contribution in [2.75, 3.05) is 13.6 Å². The van der Waals surface area contributed by atoms with E-state index in [0.29, 0.717) is 16.1 Å². The van der Waals surface area contributed by atoms with E-state index in [2.05, 4.69) is 4.98 Å². The Morgan fingerprint density at radius 2 is 2.10 bits per heavy atom. The fourth-order valence-electron chi connectivity index (χ4n) is 3.70. The predicted octanol–water partition coefficient (Wildman–Crippen LogP) is 3.99. The summed E-state index contributed by atoms with van der Waals surface area (Å²) in [6, 6.07) is 11.7. The maximum Gasteiger partial charge on any atom is 0.304 e. The minimum atomic E-state index is -3.92. The van der Waals surface area contributed by atoms with E-state index in [-0.39, 0.29) is 18.7 Å². The first kappa shape index (κ1) is 20.3. The van der Waals surface area contributed by atoms with E-state index >= 15 is 0 Å². The zero-order chi connectivity index (χ0) is 21.5. The summed E-state index contributed by atoms with van der Waals surface area (Å²) in [6.45, 7) is 0.0814. The molecule has 1 aliphatic rings. The Morgan fingerprint density at radius 3 is 2.87 bits per heavy atom. The zero-order valence-corrected chi connectivity index (χ0v) is 17.7. The monoisotopic (exact) mass is 442 g/mol. The molecule has 7 nitrogen and oxygen atoms in total. The molecule has 0 spiro atoms. The SMILES string of the molecule is CN(CCC#N)S(=O)(=O)N1C=Cc2cc(Cl)ccc2C1c1c[nH]c2c(O)cccc12. The molecule has 0 radical (unpaired) electrons. The number of para-hydroxylation sites is 1. The van der Waals surface area contributed by atoms with Crippen LogP contribution in [0.15, 0.2) is 48.8 Å². The average molecular weight is 443 g/mol. The molecule has 0 bridgehead atoms. The normalized spacial score (nSPS) is 16.1. The Kier molecular flexibility index (Phi) is 5.20. The van der Waals surface area contributed by atoms with Gasteiger partial charge in [-0.15, -0.1) is 0 Å². The lowest BCUT2D eigenvalue weighted by Crippen LogP contribution is -2.42. The van der Waals surface area contributed by atoms with E-state index in [0.717, 1.165) is 16.5 Å². The van der Waals surface area contributed by atoms with Crippen LogP contribution in [0.1, 0.15) is 29.2 Å². The summed E-state index contributed by atoms with van der Waals surface area (Å²) in [5.41, 5.74) is 2.82. The molecule has 154 valence electrons. The molecule has 2 N–H and O–H groups in total. The number of nitriles is 1. The predicted molar refractivity (Wildman–Crippen MR) is 116 cm³/mol.